The molecule has 0 bridgehead atoms. The van der Waals surface area contributed by atoms with Crippen molar-refractivity contribution < 1.29 is 50.1 Å². The zero-order valence-electron chi connectivity index (χ0n) is 32.0. The molecule has 52 heavy (non-hydrogen) atoms. The van der Waals surface area contributed by atoms with E-state index in [1.807, 2.05) is 13.0 Å². The summed E-state index contributed by atoms with van der Waals surface area (Å²) in [5.74, 6) is 4.65. The Morgan fingerprint density at radius 2 is 1.35 bits per heavy atom. The first-order valence-corrected chi connectivity index (χ1v) is 39.7. The number of rotatable bonds is 0. The summed E-state index contributed by atoms with van der Waals surface area (Å²) in [5, 5.41) is 20.7. The van der Waals surface area contributed by atoms with Crippen molar-refractivity contribution in [2.24, 2.45) is 57.2 Å². The van der Waals surface area contributed by atoms with E-state index in [-0.39, 0.29) is 45.5 Å². The van der Waals surface area contributed by atoms with Crippen molar-refractivity contribution in [1.82, 2.24) is 0 Å². The summed E-state index contributed by atoms with van der Waals surface area (Å²) in [6.45, 7) is 13.7. The van der Waals surface area contributed by atoms with Crippen LogP contribution in [0.25, 0.3) is 0 Å². The van der Waals surface area contributed by atoms with E-state index in [0.717, 1.165) is 69.3 Å². The van der Waals surface area contributed by atoms with Gasteiger partial charge in [-0.25, -0.2) is 0 Å². The second-order valence-corrected chi connectivity index (χ2v) is 37.9. The minimum absolute atomic E-state index is 0.0600. The van der Waals surface area contributed by atoms with Crippen molar-refractivity contribution in [3.63, 3.8) is 0 Å². The van der Waals surface area contributed by atoms with Gasteiger partial charge in [-0.1, -0.05) is 57.1 Å². The number of halogens is 5. The molecule has 292 valence electrons. The second-order valence-electron chi connectivity index (χ2n) is 18.0. The zero-order valence-corrected chi connectivity index (χ0v) is 42.8. The van der Waals surface area contributed by atoms with Crippen molar-refractivity contribution in [2.75, 3.05) is 0 Å². The third kappa shape index (κ3) is 8.23. The van der Waals surface area contributed by atoms with Gasteiger partial charge in [-0.3, -0.25) is 9.59 Å². The Hall–Kier alpha value is 1.93. The molecular weight excluding hydrogens is 1210 g/mol. The normalized spacial score (nSPS) is 46.0. The number of hydrogen-bond acceptors (Lipinski definition) is 4. The first kappa shape index (κ1) is 45.0. The molecule has 2 radical (unpaired) electrons. The monoisotopic (exact) mass is 1270 g/mol. The quantitative estimate of drug-likeness (QED) is 0.153. The van der Waals surface area contributed by atoms with E-state index >= 15 is 0 Å². The van der Waals surface area contributed by atoms with E-state index in [2.05, 4.69) is 109 Å². The van der Waals surface area contributed by atoms with E-state index in [1.54, 1.807) is 0 Å². The fourth-order valence-electron chi connectivity index (χ4n) is 13.7. The second kappa shape index (κ2) is 18.5. The number of carbonyl (C=O) groups is 2. The van der Waals surface area contributed by atoms with Crippen LogP contribution >= 0.6 is 55.8 Å². The Morgan fingerprint density at radius 1 is 0.750 bits per heavy atom. The molecule has 4 nitrogen and oxygen atoms in total. The Labute approximate surface area is 365 Å². The summed E-state index contributed by atoms with van der Waals surface area (Å²) in [5.41, 5.74) is 11.1. The summed E-state index contributed by atoms with van der Waals surface area (Å²) in [6.07, 6.45) is 23.1. The molecule has 0 saturated heterocycles. The third-order valence-corrected chi connectivity index (χ3v) is 16.2. The van der Waals surface area contributed by atoms with Gasteiger partial charge < -0.3 is 10.2 Å². The molecule has 0 spiro atoms. The number of allylic oxidation sites excluding steroid dienone is 5. The molecule has 0 heterocycles. The van der Waals surface area contributed by atoms with Crippen LogP contribution in [0.15, 0.2) is 46.6 Å². The average molecular weight is 1270 g/mol. The Kier molecular flexibility index (Phi) is 16.0. The molecule has 10 heteroatoms. The maximum atomic E-state index is 12.5. The van der Waals surface area contributed by atoms with Gasteiger partial charge in [-0.05, 0) is 165 Å². The van der Waals surface area contributed by atoms with E-state index in [9.17, 15) is 19.8 Å². The van der Waals surface area contributed by atoms with Gasteiger partial charge in [0, 0.05) is 12.8 Å². The molecule has 6 saturated carbocycles. The number of hydrogen-bond donors (Lipinski definition) is 2. The van der Waals surface area contributed by atoms with Crippen LogP contribution < -0.4 is 30.3 Å². The molecule has 0 amide bonds. The Morgan fingerprint density at radius 3 is 1.98 bits per heavy atom. The van der Waals surface area contributed by atoms with Crippen LogP contribution in [-0.2, 0) is 9.59 Å². The minimum atomic E-state index is -0.222. The van der Waals surface area contributed by atoms with Gasteiger partial charge in [0.2, 0.25) is 0 Å². The van der Waals surface area contributed by atoms with Crippen LogP contribution in [0.2, 0.25) is 0 Å². The number of fused-ring (bicyclic) bond motifs is 10. The van der Waals surface area contributed by atoms with E-state index in [1.165, 1.54) is 42.4 Å². The number of carbonyl (C=O) groups excluding carboxylic acids is 2. The fourth-order valence-corrected chi connectivity index (χ4v) is 13.7. The molecule has 6 fully saturated rings. The van der Waals surface area contributed by atoms with Gasteiger partial charge in [0.25, 0.3) is 0 Å². The average Bonchev–Trinajstić information content (AvgIpc) is 3.52. The molecule has 0 aromatic carbocycles. The van der Waals surface area contributed by atoms with Gasteiger partial charge in [-0.15, -0.1) is 0 Å². The zero-order chi connectivity index (χ0) is 38.2. The summed E-state index contributed by atoms with van der Waals surface area (Å²) in [4.78, 5) is 24.4. The maximum absolute atomic E-state index is 12.5. The SMILES string of the molecule is C/C=C1/C(=O)CC2C3CCC4=CC(=O)CC[C@]4(C)C3CC[C@]12C.C/C=C1/[C@H](O)CC2C3CC=C4C[C@@H](O)CC[C@]4(C)C3CC[C@]12C.I[I-]I.[B][I-]I. The number of ketones is 2. The summed E-state index contributed by atoms with van der Waals surface area (Å²) in [7, 11) is 0. The Bertz CT molecular complexity index is 1480. The van der Waals surface area contributed by atoms with Crippen LogP contribution in [0.3, 0.4) is 0 Å². The van der Waals surface area contributed by atoms with Crippen LogP contribution in [-0.4, -0.2) is 39.7 Å². The number of aliphatic hydroxyl groups excluding tert-OH is 2. The molecule has 8 aliphatic carbocycles. The number of Topliss-reactive ketones (excluding diaryl/α,β-unsaturated/α-hetero) is 1. The Balaban J connectivity index is 0.000000175. The van der Waals surface area contributed by atoms with Crippen LogP contribution in [0, 0.1) is 57.2 Å². The fraction of sp³-hybridized carbons (Fsp3) is 0.762. The predicted octanol–water partition coefficient (Wildman–Crippen LogP) is 5.16. The van der Waals surface area contributed by atoms with Gasteiger partial charge in [0.1, 0.15) is 0 Å². The van der Waals surface area contributed by atoms with Crippen molar-refractivity contribution in [2.45, 2.75) is 144 Å². The molecule has 6 unspecified atom stereocenters. The van der Waals surface area contributed by atoms with Gasteiger partial charge >= 0.3 is 91.8 Å². The summed E-state index contributed by atoms with van der Waals surface area (Å²) < 4.78 is 0. The van der Waals surface area contributed by atoms with Crippen molar-refractivity contribution in [1.29, 1.82) is 0 Å². The molecule has 12 atom stereocenters. The first-order valence-electron chi connectivity index (χ1n) is 19.6. The molecule has 8 aliphatic rings. The van der Waals surface area contributed by atoms with Crippen molar-refractivity contribution in [3.8, 4) is 0 Å². The summed E-state index contributed by atoms with van der Waals surface area (Å²) in [6, 6.07) is 0. The molecule has 8 rings (SSSR count). The van der Waals surface area contributed by atoms with Crippen LogP contribution in [0.5, 0.6) is 0 Å². The van der Waals surface area contributed by atoms with Gasteiger partial charge in [0.05, 0.1) is 12.2 Å². The molecule has 2 N–H and O–H groups in total. The molecule has 0 aliphatic heterocycles. The predicted molar refractivity (Wildman–Crippen MR) is 232 cm³/mol. The standard InChI is InChI=1S/C21H32O2.C21H28O2.BI2.I3/c2*1-4-16-19(23)12-18-15-6-5-13-11-14(22)7-9-20(13,2)17(15)8-10-21(16,18)3;2*1-3-2/h4-5,14-15,17-19,22-23H,6-12H2,1-3H3;4,11,15,17-18H,5-10,12H2,1-3H3;;/q;;2*-1/b2*16-4-;;/t14-,15?,17?,18?,19+,20-,21+;15?,17?,18?,20-,21+;;/m00../s1. The van der Waals surface area contributed by atoms with Crippen LogP contribution in [0.1, 0.15) is 131 Å². The van der Waals surface area contributed by atoms with E-state index in [4.69, 9.17) is 5.70 Å². The van der Waals surface area contributed by atoms with Gasteiger partial charge in [0.15, 0.2) is 11.6 Å². The van der Waals surface area contributed by atoms with Crippen molar-refractivity contribution in [3.05, 3.63) is 46.6 Å². The van der Waals surface area contributed by atoms with Gasteiger partial charge in [-0.2, -0.15) is 0 Å². The number of aliphatic hydroxyl groups is 2. The van der Waals surface area contributed by atoms with E-state index < -0.39 is 0 Å². The molecular formula is C42H60BI5O4-2. The third-order valence-electron chi connectivity index (χ3n) is 16.2. The first-order chi connectivity index (χ1) is 24.6. The van der Waals surface area contributed by atoms with E-state index in [0.29, 0.717) is 66.2 Å². The topological polar surface area (TPSA) is 74.6 Å². The molecule has 0 aromatic rings. The molecule has 0 aromatic heterocycles. The summed E-state index contributed by atoms with van der Waals surface area (Å²) >= 11 is 7.54. The van der Waals surface area contributed by atoms with Crippen molar-refractivity contribution >= 4 is 73.1 Å². The van der Waals surface area contributed by atoms with Crippen LogP contribution in [0.4, 0.5) is 0 Å².